The number of benzene rings is 2. The van der Waals surface area contributed by atoms with Gasteiger partial charge >= 0.3 is 0 Å². The van der Waals surface area contributed by atoms with E-state index in [0.717, 1.165) is 28.6 Å². The fourth-order valence-electron chi connectivity index (χ4n) is 3.02. The number of ether oxygens (including phenoxy) is 4. The van der Waals surface area contributed by atoms with E-state index in [1.54, 1.807) is 7.11 Å². The SMILES string of the molecule is COc1cccc2c1O[C@@H](c1ccc3c(c1)OCO3)[C@@H]2C. The topological polar surface area (TPSA) is 36.9 Å². The van der Waals surface area contributed by atoms with Crippen LogP contribution >= 0.6 is 0 Å². The molecule has 4 heteroatoms. The van der Waals surface area contributed by atoms with Crippen molar-refractivity contribution < 1.29 is 18.9 Å². The molecule has 0 aliphatic carbocycles. The molecule has 4 rings (SSSR count). The second-order valence-electron chi connectivity index (χ2n) is 5.32. The summed E-state index contributed by atoms with van der Waals surface area (Å²) in [6.07, 6.45) is -0.0363. The summed E-state index contributed by atoms with van der Waals surface area (Å²) >= 11 is 0. The van der Waals surface area contributed by atoms with Gasteiger partial charge in [-0.25, -0.2) is 0 Å². The van der Waals surface area contributed by atoms with Crippen LogP contribution in [0.25, 0.3) is 0 Å². The Morgan fingerprint density at radius 3 is 2.81 bits per heavy atom. The molecular formula is C17H16O4. The number of hydrogen-bond donors (Lipinski definition) is 0. The van der Waals surface area contributed by atoms with Crippen LogP contribution in [-0.2, 0) is 0 Å². The Labute approximate surface area is 123 Å². The predicted molar refractivity (Wildman–Crippen MR) is 77.3 cm³/mol. The van der Waals surface area contributed by atoms with Gasteiger partial charge < -0.3 is 18.9 Å². The molecule has 0 fully saturated rings. The van der Waals surface area contributed by atoms with E-state index < -0.39 is 0 Å². The molecule has 0 spiro atoms. The second kappa shape index (κ2) is 4.58. The van der Waals surface area contributed by atoms with Crippen LogP contribution in [0.4, 0.5) is 0 Å². The first kappa shape index (κ1) is 12.4. The molecule has 0 amide bonds. The maximum atomic E-state index is 6.17. The van der Waals surface area contributed by atoms with Crippen molar-refractivity contribution in [1.82, 2.24) is 0 Å². The predicted octanol–water partition coefficient (Wildman–Crippen LogP) is 3.66. The molecule has 2 aromatic rings. The van der Waals surface area contributed by atoms with E-state index in [-0.39, 0.29) is 18.8 Å². The molecule has 21 heavy (non-hydrogen) atoms. The summed E-state index contributed by atoms with van der Waals surface area (Å²) in [5.74, 6) is 3.46. The molecule has 0 N–H and O–H groups in total. The highest BCUT2D eigenvalue weighted by molar-refractivity contribution is 5.53. The third-order valence-corrected chi connectivity index (χ3v) is 4.14. The average Bonchev–Trinajstić information content (AvgIpc) is 3.11. The van der Waals surface area contributed by atoms with Crippen molar-refractivity contribution in [2.24, 2.45) is 0 Å². The number of para-hydroxylation sites is 1. The molecule has 4 nitrogen and oxygen atoms in total. The van der Waals surface area contributed by atoms with Gasteiger partial charge in [0.2, 0.25) is 6.79 Å². The molecule has 0 unspecified atom stereocenters. The van der Waals surface area contributed by atoms with E-state index >= 15 is 0 Å². The number of fused-ring (bicyclic) bond motifs is 2. The zero-order chi connectivity index (χ0) is 14.4. The van der Waals surface area contributed by atoms with Crippen LogP contribution < -0.4 is 18.9 Å². The van der Waals surface area contributed by atoms with Crippen molar-refractivity contribution in [2.45, 2.75) is 18.9 Å². The van der Waals surface area contributed by atoms with Crippen molar-refractivity contribution in [1.29, 1.82) is 0 Å². The van der Waals surface area contributed by atoms with Crippen LogP contribution in [0.1, 0.15) is 30.1 Å². The summed E-state index contributed by atoms with van der Waals surface area (Å²) in [6.45, 7) is 2.45. The van der Waals surface area contributed by atoms with Gasteiger partial charge in [-0.05, 0) is 23.8 Å². The molecule has 2 atom stereocenters. The summed E-state index contributed by atoms with van der Waals surface area (Å²) in [4.78, 5) is 0. The number of hydrogen-bond acceptors (Lipinski definition) is 4. The minimum Gasteiger partial charge on any atom is -0.493 e. The Balaban J connectivity index is 1.72. The zero-order valence-corrected chi connectivity index (χ0v) is 12.0. The lowest BCUT2D eigenvalue weighted by Gasteiger charge is -2.16. The van der Waals surface area contributed by atoms with Crippen LogP contribution in [0.15, 0.2) is 36.4 Å². The minimum absolute atomic E-state index is 0.0363. The lowest BCUT2D eigenvalue weighted by molar-refractivity contribution is 0.173. The minimum atomic E-state index is -0.0363. The van der Waals surface area contributed by atoms with Gasteiger partial charge in [-0.3, -0.25) is 0 Å². The first-order valence-corrected chi connectivity index (χ1v) is 7.01. The van der Waals surface area contributed by atoms with Gasteiger partial charge in [0.15, 0.2) is 23.0 Å². The van der Waals surface area contributed by atoms with Crippen molar-refractivity contribution >= 4 is 0 Å². The molecule has 0 aromatic heterocycles. The first-order valence-electron chi connectivity index (χ1n) is 7.01. The Morgan fingerprint density at radius 2 is 1.95 bits per heavy atom. The van der Waals surface area contributed by atoms with E-state index in [9.17, 15) is 0 Å². The lowest BCUT2D eigenvalue weighted by atomic mass is 9.92. The number of methoxy groups -OCH3 is 1. The molecule has 2 heterocycles. The first-order chi connectivity index (χ1) is 10.3. The third-order valence-electron chi connectivity index (χ3n) is 4.14. The van der Waals surface area contributed by atoms with Gasteiger partial charge in [-0.2, -0.15) is 0 Å². The quantitative estimate of drug-likeness (QED) is 0.843. The molecule has 0 saturated heterocycles. The Hall–Kier alpha value is -2.36. The van der Waals surface area contributed by atoms with E-state index in [1.807, 2.05) is 30.3 Å². The molecular weight excluding hydrogens is 268 g/mol. The van der Waals surface area contributed by atoms with Crippen molar-refractivity contribution in [3.63, 3.8) is 0 Å². The molecule has 0 radical (unpaired) electrons. The van der Waals surface area contributed by atoms with Crippen LogP contribution in [0.2, 0.25) is 0 Å². The largest absolute Gasteiger partial charge is 0.493 e. The average molecular weight is 284 g/mol. The van der Waals surface area contributed by atoms with Crippen molar-refractivity contribution in [3.8, 4) is 23.0 Å². The van der Waals surface area contributed by atoms with E-state index in [1.165, 1.54) is 5.56 Å². The van der Waals surface area contributed by atoms with Gasteiger partial charge in [-0.1, -0.05) is 25.1 Å². The summed E-state index contributed by atoms with van der Waals surface area (Å²) in [5.41, 5.74) is 2.27. The normalized spacial score (nSPS) is 21.8. The maximum absolute atomic E-state index is 6.17. The van der Waals surface area contributed by atoms with E-state index in [2.05, 4.69) is 13.0 Å². The monoisotopic (exact) mass is 284 g/mol. The lowest BCUT2D eigenvalue weighted by Crippen LogP contribution is -2.07. The zero-order valence-electron chi connectivity index (χ0n) is 12.0. The standard InChI is InChI=1S/C17H16O4/c1-10-12-4-3-5-14(18-2)17(12)21-16(10)11-6-7-13-15(8-11)20-9-19-13/h3-8,10,16H,9H2,1-2H3/t10-,16-/m1/s1. The Morgan fingerprint density at radius 1 is 1.10 bits per heavy atom. The summed E-state index contributed by atoms with van der Waals surface area (Å²) in [7, 11) is 1.66. The maximum Gasteiger partial charge on any atom is 0.231 e. The van der Waals surface area contributed by atoms with Crippen LogP contribution in [-0.4, -0.2) is 13.9 Å². The fourth-order valence-corrected chi connectivity index (χ4v) is 3.02. The highest BCUT2D eigenvalue weighted by atomic mass is 16.7. The Bertz CT molecular complexity index is 695. The smallest absolute Gasteiger partial charge is 0.231 e. The van der Waals surface area contributed by atoms with Gasteiger partial charge in [0.05, 0.1) is 7.11 Å². The van der Waals surface area contributed by atoms with Gasteiger partial charge in [0, 0.05) is 11.5 Å². The van der Waals surface area contributed by atoms with E-state index in [4.69, 9.17) is 18.9 Å². The molecule has 2 aliphatic rings. The molecule has 2 aromatic carbocycles. The second-order valence-corrected chi connectivity index (χ2v) is 5.32. The van der Waals surface area contributed by atoms with Gasteiger partial charge in [0.1, 0.15) is 6.10 Å². The highest BCUT2D eigenvalue weighted by Crippen LogP contribution is 2.50. The van der Waals surface area contributed by atoms with Crippen LogP contribution in [0.5, 0.6) is 23.0 Å². The molecule has 2 aliphatic heterocycles. The number of rotatable bonds is 2. The highest BCUT2D eigenvalue weighted by Gasteiger charge is 2.35. The Kier molecular flexibility index (Phi) is 2.70. The summed E-state index contributed by atoms with van der Waals surface area (Å²) in [5, 5.41) is 0. The molecule has 0 bridgehead atoms. The summed E-state index contributed by atoms with van der Waals surface area (Å²) < 4.78 is 22.4. The van der Waals surface area contributed by atoms with E-state index in [0.29, 0.717) is 0 Å². The molecule has 0 saturated carbocycles. The fraction of sp³-hybridized carbons (Fsp3) is 0.294. The van der Waals surface area contributed by atoms with Crippen LogP contribution in [0.3, 0.4) is 0 Å². The van der Waals surface area contributed by atoms with Gasteiger partial charge in [-0.15, -0.1) is 0 Å². The molecule has 108 valence electrons. The van der Waals surface area contributed by atoms with Crippen LogP contribution in [0, 0.1) is 0 Å². The summed E-state index contributed by atoms with van der Waals surface area (Å²) in [6, 6.07) is 12.0. The van der Waals surface area contributed by atoms with Crippen molar-refractivity contribution in [3.05, 3.63) is 47.5 Å². The van der Waals surface area contributed by atoms with Gasteiger partial charge in [0.25, 0.3) is 0 Å². The third kappa shape index (κ3) is 1.82. The van der Waals surface area contributed by atoms with Crippen molar-refractivity contribution in [2.75, 3.05) is 13.9 Å².